The number of halogens is 1. The Morgan fingerprint density at radius 3 is 2.79 bits per heavy atom. The molecule has 2 aromatic heterocycles. The first-order valence-corrected chi connectivity index (χ1v) is 10.4. The molecule has 3 unspecified atom stereocenters. The number of hydrogen-bond acceptors (Lipinski definition) is 7. The van der Waals surface area contributed by atoms with Crippen LogP contribution in [-0.4, -0.2) is 44.6 Å². The van der Waals surface area contributed by atoms with Gasteiger partial charge in [-0.15, -0.1) is 5.10 Å². The number of anilines is 3. The minimum atomic E-state index is 0.163. The van der Waals surface area contributed by atoms with Crippen molar-refractivity contribution in [2.24, 2.45) is 0 Å². The predicted octanol–water partition coefficient (Wildman–Crippen LogP) is 3.84. The van der Waals surface area contributed by atoms with Crippen molar-refractivity contribution in [3.63, 3.8) is 0 Å². The molecule has 3 aliphatic heterocycles. The molecule has 9 heteroatoms. The SMILES string of the molecule is Cc1c2c(nn1C1CC3CCC(C1)O3)OCCC(C)Nc1nc(ncc1Cl)N2. The van der Waals surface area contributed by atoms with Crippen LogP contribution in [0.2, 0.25) is 5.02 Å². The summed E-state index contributed by atoms with van der Waals surface area (Å²) in [4.78, 5) is 8.87. The third-order valence-electron chi connectivity index (χ3n) is 5.88. The smallest absolute Gasteiger partial charge is 0.257 e. The predicted molar refractivity (Wildman–Crippen MR) is 107 cm³/mol. The lowest BCUT2D eigenvalue weighted by Gasteiger charge is -2.29. The molecule has 2 saturated heterocycles. The monoisotopic (exact) mass is 404 g/mol. The summed E-state index contributed by atoms with van der Waals surface area (Å²) in [6, 6.07) is 0.496. The molecular weight excluding hydrogens is 380 g/mol. The van der Waals surface area contributed by atoms with Crippen LogP contribution in [0.1, 0.15) is 50.8 Å². The average molecular weight is 405 g/mol. The number of ether oxygens (including phenoxy) is 2. The highest BCUT2D eigenvalue weighted by molar-refractivity contribution is 6.32. The summed E-state index contributed by atoms with van der Waals surface area (Å²) in [6.45, 7) is 4.70. The average Bonchev–Trinajstić information content (AvgIpc) is 3.16. The van der Waals surface area contributed by atoms with Crippen molar-refractivity contribution in [1.82, 2.24) is 19.7 Å². The second-order valence-corrected chi connectivity index (χ2v) is 8.40. The van der Waals surface area contributed by atoms with Crippen molar-refractivity contribution in [3.05, 3.63) is 16.9 Å². The topological polar surface area (TPSA) is 86.1 Å². The molecule has 5 heterocycles. The number of hydrogen-bond donors (Lipinski definition) is 2. The number of rotatable bonds is 1. The molecule has 4 bridgehead atoms. The van der Waals surface area contributed by atoms with E-state index in [1.54, 1.807) is 6.20 Å². The highest BCUT2D eigenvalue weighted by atomic mass is 35.5. The van der Waals surface area contributed by atoms with Gasteiger partial charge in [0.05, 0.1) is 36.7 Å². The largest absolute Gasteiger partial charge is 0.475 e. The first-order valence-electron chi connectivity index (χ1n) is 10.0. The maximum atomic E-state index is 6.25. The Morgan fingerprint density at radius 1 is 1.21 bits per heavy atom. The minimum absolute atomic E-state index is 0.163. The third kappa shape index (κ3) is 3.28. The minimum Gasteiger partial charge on any atom is -0.475 e. The molecule has 0 spiro atoms. The Bertz CT molecular complexity index is 876. The van der Waals surface area contributed by atoms with Gasteiger partial charge in [-0.05, 0) is 39.5 Å². The Morgan fingerprint density at radius 2 is 2.00 bits per heavy atom. The van der Waals surface area contributed by atoms with Gasteiger partial charge in [-0.25, -0.2) is 4.98 Å². The van der Waals surface area contributed by atoms with E-state index in [2.05, 4.69) is 39.1 Å². The van der Waals surface area contributed by atoms with Gasteiger partial charge in [0.2, 0.25) is 5.95 Å². The first-order chi connectivity index (χ1) is 13.6. The summed E-state index contributed by atoms with van der Waals surface area (Å²) in [6.07, 6.45) is 7.44. The van der Waals surface area contributed by atoms with Gasteiger partial charge >= 0.3 is 0 Å². The van der Waals surface area contributed by atoms with Crippen LogP contribution in [0.25, 0.3) is 0 Å². The van der Waals surface area contributed by atoms with Gasteiger partial charge in [0.15, 0.2) is 5.82 Å². The zero-order valence-electron chi connectivity index (χ0n) is 16.1. The van der Waals surface area contributed by atoms with Gasteiger partial charge in [-0.3, -0.25) is 4.68 Å². The highest BCUT2D eigenvalue weighted by Crippen LogP contribution is 2.41. The van der Waals surface area contributed by atoms with E-state index in [0.717, 1.165) is 43.5 Å². The zero-order valence-corrected chi connectivity index (χ0v) is 16.9. The molecule has 2 fully saturated rings. The first kappa shape index (κ1) is 18.0. The lowest BCUT2D eigenvalue weighted by Crippen LogP contribution is -2.28. The summed E-state index contributed by atoms with van der Waals surface area (Å²) in [5.74, 6) is 1.70. The second kappa shape index (κ2) is 7.08. The molecule has 0 amide bonds. The summed E-state index contributed by atoms with van der Waals surface area (Å²) in [5.41, 5.74) is 1.85. The molecule has 2 aromatic rings. The van der Waals surface area contributed by atoms with Crippen LogP contribution in [0.3, 0.4) is 0 Å². The summed E-state index contributed by atoms with van der Waals surface area (Å²) in [7, 11) is 0. The van der Waals surface area contributed by atoms with Gasteiger partial charge in [-0.1, -0.05) is 11.6 Å². The Balaban J connectivity index is 1.51. The lowest BCUT2D eigenvalue weighted by molar-refractivity contribution is -0.0186. The molecular formula is C19H25ClN6O2. The summed E-state index contributed by atoms with van der Waals surface area (Å²) in [5, 5.41) is 12.0. The van der Waals surface area contributed by atoms with Crippen molar-refractivity contribution >= 4 is 29.1 Å². The molecule has 2 N–H and O–H groups in total. The number of fused-ring (bicyclic) bond motifs is 5. The van der Waals surface area contributed by atoms with Crippen LogP contribution in [0.5, 0.6) is 5.88 Å². The fourth-order valence-electron chi connectivity index (χ4n) is 4.40. The van der Waals surface area contributed by atoms with Crippen LogP contribution in [0, 0.1) is 6.92 Å². The number of nitrogens with one attached hydrogen (secondary N) is 2. The van der Waals surface area contributed by atoms with Crippen LogP contribution < -0.4 is 15.4 Å². The lowest BCUT2D eigenvalue weighted by atomic mass is 10.0. The molecule has 0 radical (unpaired) electrons. The molecule has 0 aliphatic carbocycles. The molecule has 0 aromatic carbocycles. The van der Waals surface area contributed by atoms with Crippen LogP contribution in [-0.2, 0) is 4.74 Å². The van der Waals surface area contributed by atoms with Crippen molar-refractivity contribution in [1.29, 1.82) is 0 Å². The maximum absolute atomic E-state index is 6.25. The van der Waals surface area contributed by atoms with Crippen LogP contribution in [0.4, 0.5) is 17.5 Å². The molecule has 150 valence electrons. The second-order valence-electron chi connectivity index (χ2n) is 7.99. The number of aromatic nitrogens is 4. The van der Waals surface area contributed by atoms with E-state index in [0.29, 0.717) is 47.5 Å². The fraction of sp³-hybridized carbons (Fsp3) is 0.632. The van der Waals surface area contributed by atoms with Crippen molar-refractivity contribution in [3.8, 4) is 5.88 Å². The van der Waals surface area contributed by atoms with E-state index in [4.69, 9.17) is 26.2 Å². The van der Waals surface area contributed by atoms with E-state index in [-0.39, 0.29) is 6.04 Å². The van der Waals surface area contributed by atoms with Crippen molar-refractivity contribution in [2.75, 3.05) is 17.2 Å². The summed E-state index contributed by atoms with van der Waals surface area (Å²) < 4.78 is 14.2. The van der Waals surface area contributed by atoms with Gasteiger partial charge in [0.1, 0.15) is 10.7 Å². The van der Waals surface area contributed by atoms with Gasteiger partial charge in [0.25, 0.3) is 5.88 Å². The highest BCUT2D eigenvalue weighted by Gasteiger charge is 2.37. The third-order valence-corrected chi connectivity index (χ3v) is 6.16. The van der Waals surface area contributed by atoms with E-state index >= 15 is 0 Å². The fourth-order valence-corrected chi connectivity index (χ4v) is 4.55. The quantitative estimate of drug-likeness (QED) is 0.746. The number of nitrogens with zero attached hydrogens (tertiary/aromatic N) is 4. The van der Waals surface area contributed by atoms with Gasteiger partial charge in [0, 0.05) is 12.5 Å². The van der Waals surface area contributed by atoms with Crippen molar-refractivity contribution < 1.29 is 9.47 Å². The molecule has 8 nitrogen and oxygen atoms in total. The Labute approximate surface area is 169 Å². The standard InChI is InChI=1S/C19H25ClN6O2/c1-10-5-6-27-18-16(23-19-21-9-15(20)17(22-10)24-19)11(2)26(25-18)12-7-13-3-4-14(8-12)28-13/h9-10,12-14H,3-8H2,1-2H3,(H2,21,22,23,24). The van der Waals surface area contributed by atoms with Gasteiger partial charge < -0.3 is 20.1 Å². The van der Waals surface area contributed by atoms with Crippen LogP contribution in [0.15, 0.2) is 6.20 Å². The van der Waals surface area contributed by atoms with E-state index in [9.17, 15) is 0 Å². The molecule has 3 atom stereocenters. The molecule has 0 saturated carbocycles. The maximum Gasteiger partial charge on any atom is 0.257 e. The van der Waals surface area contributed by atoms with Crippen molar-refractivity contribution in [2.45, 2.75) is 70.2 Å². The van der Waals surface area contributed by atoms with E-state index < -0.39 is 0 Å². The Kier molecular flexibility index (Phi) is 4.55. The Hall–Kier alpha value is -2.06. The van der Waals surface area contributed by atoms with E-state index in [1.165, 1.54) is 0 Å². The van der Waals surface area contributed by atoms with Crippen LogP contribution >= 0.6 is 11.6 Å². The van der Waals surface area contributed by atoms with Gasteiger partial charge in [-0.2, -0.15) is 4.98 Å². The molecule has 28 heavy (non-hydrogen) atoms. The molecule has 5 rings (SSSR count). The van der Waals surface area contributed by atoms with E-state index in [1.807, 2.05) is 0 Å². The normalized spacial score (nSPS) is 29.1. The zero-order chi connectivity index (χ0) is 19.3. The summed E-state index contributed by atoms with van der Waals surface area (Å²) >= 11 is 6.25. The molecule has 3 aliphatic rings.